The van der Waals surface area contributed by atoms with Crippen molar-refractivity contribution in [1.82, 2.24) is 14.6 Å². The molecular weight excluding hydrogens is 468 g/mol. The molecule has 1 aromatic heterocycles. The van der Waals surface area contributed by atoms with Crippen LogP contribution in [0.3, 0.4) is 0 Å². The van der Waals surface area contributed by atoms with E-state index in [1.54, 1.807) is 0 Å². The van der Waals surface area contributed by atoms with Gasteiger partial charge in [-0.2, -0.15) is 0 Å². The number of amides is 3. The lowest BCUT2D eigenvalue weighted by atomic mass is 10.1. The number of ether oxygens (including phenoxy) is 2. The zero-order valence-corrected chi connectivity index (χ0v) is 19.3. The van der Waals surface area contributed by atoms with Crippen LogP contribution in [0.5, 0.6) is 11.6 Å². The Bertz CT molecular complexity index is 974. The first kappa shape index (κ1) is 25.6. The van der Waals surface area contributed by atoms with Gasteiger partial charge < -0.3 is 25.4 Å². The van der Waals surface area contributed by atoms with Crippen molar-refractivity contribution in [2.75, 3.05) is 32.5 Å². The first-order valence-corrected chi connectivity index (χ1v) is 10.7. The number of carbonyl (C=O) groups excluding carboxylic acids is 2. The number of hydrogen-bond donors (Lipinski definition) is 3. The van der Waals surface area contributed by atoms with Gasteiger partial charge in [0.1, 0.15) is 12.4 Å². The van der Waals surface area contributed by atoms with Crippen LogP contribution in [0.1, 0.15) is 24.0 Å². The molecule has 0 saturated heterocycles. The number of halogens is 3. The lowest BCUT2D eigenvalue weighted by molar-refractivity contribution is 0.205. The molecule has 0 atom stereocenters. The van der Waals surface area contributed by atoms with E-state index in [2.05, 4.69) is 15.0 Å². The quantitative estimate of drug-likeness (QED) is 0.343. The number of anilines is 1. The summed E-state index contributed by atoms with van der Waals surface area (Å²) < 4.78 is 42.6. The summed E-state index contributed by atoms with van der Waals surface area (Å²) in [5.41, 5.74) is 4.88. The van der Waals surface area contributed by atoms with Gasteiger partial charge in [0, 0.05) is 6.54 Å². The Labute approximate surface area is 193 Å². The standard InChI is InChI=1S/C19H24ClF2N5O4S/c1-10-8-12(21)11(14(22)13(10)20)9-30-16-15(31-18(23)28)17(32-26-16)25-19(29)24-6-4-5-7-27(2)3/h8H,4-7,9H2,1-3H3,(H2,23,28)(H2,24,25,29). The fourth-order valence-corrected chi connectivity index (χ4v) is 3.38. The molecule has 0 saturated carbocycles. The van der Waals surface area contributed by atoms with E-state index in [0.29, 0.717) is 6.54 Å². The van der Waals surface area contributed by atoms with E-state index in [-0.39, 0.29) is 27.2 Å². The number of nitrogens with zero attached hydrogens (tertiary/aromatic N) is 2. The minimum absolute atomic E-state index is 0.0347. The minimum Gasteiger partial charge on any atom is -0.469 e. The molecule has 1 aromatic carbocycles. The number of unbranched alkanes of at least 4 members (excludes halogenated alkanes) is 1. The van der Waals surface area contributed by atoms with Crippen molar-refractivity contribution in [3.63, 3.8) is 0 Å². The molecule has 176 valence electrons. The van der Waals surface area contributed by atoms with Gasteiger partial charge in [-0.3, -0.25) is 5.32 Å². The Morgan fingerprint density at radius 3 is 2.69 bits per heavy atom. The average Bonchev–Trinajstić information content (AvgIpc) is 3.06. The maximum Gasteiger partial charge on any atom is 0.410 e. The molecule has 1 heterocycles. The highest BCUT2D eigenvalue weighted by Gasteiger charge is 2.23. The Hall–Kier alpha value is -2.70. The van der Waals surface area contributed by atoms with E-state index < -0.39 is 35.9 Å². The topological polar surface area (TPSA) is 119 Å². The second-order valence-electron chi connectivity index (χ2n) is 7.03. The molecule has 0 bridgehead atoms. The van der Waals surface area contributed by atoms with Gasteiger partial charge in [-0.05, 0) is 63.6 Å². The third kappa shape index (κ3) is 7.18. The average molecular weight is 492 g/mol. The maximum atomic E-state index is 14.3. The van der Waals surface area contributed by atoms with Crippen LogP contribution in [0.2, 0.25) is 5.02 Å². The largest absolute Gasteiger partial charge is 0.469 e. The fourth-order valence-electron chi connectivity index (χ4n) is 2.56. The van der Waals surface area contributed by atoms with Crippen LogP contribution in [-0.2, 0) is 6.61 Å². The van der Waals surface area contributed by atoms with Crippen LogP contribution in [0.25, 0.3) is 0 Å². The minimum atomic E-state index is -1.18. The zero-order valence-electron chi connectivity index (χ0n) is 17.8. The molecule has 9 nitrogen and oxygen atoms in total. The summed E-state index contributed by atoms with van der Waals surface area (Å²) in [4.78, 5) is 25.4. The summed E-state index contributed by atoms with van der Waals surface area (Å²) in [6, 6.07) is 0.517. The second kappa shape index (κ2) is 11.8. The molecule has 0 unspecified atom stereocenters. The van der Waals surface area contributed by atoms with E-state index in [9.17, 15) is 18.4 Å². The maximum absolute atomic E-state index is 14.3. The van der Waals surface area contributed by atoms with Crippen molar-refractivity contribution >= 4 is 40.3 Å². The van der Waals surface area contributed by atoms with Gasteiger partial charge in [-0.25, -0.2) is 18.4 Å². The highest BCUT2D eigenvalue weighted by atomic mass is 35.5. The Morgan fingerprint density at radius 1 is 1.31 bits per heavy atom. The lowest BCUT2D eigenvalue weighted by Gasteiger charge is -2.11. The first-order valence-electron chi connectivity index (χ1n) is 9.52. The fraction of sp³-hybridized carbons (Fsp3) is 0.421. The van der Waals surface area contributed by atoms with Crippen LogP contribution in [-0.4, -0.2) is 48.6 Å². The summed E-state index contributed by atoms with van der Waals surface area (Å²) in [5, 5.41) is 4.95. The Morgan fingerprint density at radius 2 is 2.03 bits per heavy atom. The number of carbonyl (C=O) groups is 2. The Kier molecular flexibility index (Phi) is 9.42. The monoisotopic (exact) mass is 491 g/mol. The lowest BCUT2D eigenvalue weighted by Crippen LogP contribution is -2.30. The molecular formula is C19H24ClF2N5O4S. The van der Waals surface area contributed by atoms with Gasteiger partial charge in [0.05, 0.1) is 10.6 Å². The molecule has 0 radical (unpaired) electrons. The molecule has 2 aromatic rings. The van der Waals surface area contributed by atoms with Gasteiger partial charge in [-0.1, -0.05) is 11.6 Å². The molecule has 0 aliphatic heterocycles. The number of nitrogens with one attached hydrogen (secondary N) is 2. The zero-order chi connectivity index (χ0) is 23.8. The number of aryl methyl sites for hydroxylation is 1. The SMILES string of the molecule is Cc1cc(F)c(COc2nsc(NC(=O)NCCCCN(C)C)c2OC(N)=O)c(F)c1Cl. The summed E-state index contributed by atoms with van der Waals surface area (Å²) in [6.07, 6.45) is 0.486. The van der Waals surface area contributed by atoms with E-state index in [1.807, 2.05) is 19.0 Å². The predicted octanol–water partition coefficient (Wildman–Crippen LogP) is 3.88. The number of nitrogens with two attached hydrogens (primary N) is 1. The molecule has 3 amide bonds. The van der Waals surface area contributed by atoms with Gasteiger partial charge in [0.2, 0.25) is 5.75 Å². The van der Waals surface area contributed by atoms with Crippen molar-refractivity contribution in [2.45, 2.75) is 26.4 Å². The van der Waals surface area contributed by atoms with E-state index >= 15 is 0 Å². The molecule has 0 fully saturated rings. The van der Waals surface area contributed by atoms with Gasteiger partial charge in [0.15, 0.2) is 10.8 Å². The van der Waals surface area contributed by atoms with E-state index in [0.717, 1.165) is 37.0 Å². The third-order valence-corrected chi connectivity index (χ3v) is 5.35. The van der Waals surface area contributed by atoms with Gasteiger partial charge >= 0.3 is 12.1 Å². The third-order valence-electron chi connectivity index (χ3n) is 4.16. The van der Waals surface area contributed by atoms with E-state index in [1.165, 1.54) is 6.92 Å². The molecule has 0 aliphatic carbocycles. The molecule has 32 heavy (non-hydrogen) atoms. The summed E-state index contributed by atoms with van der Waals surface area (Å²) in [5.74, 6) is -2.37. The van der Waals surface area contributed by atoms with Crippen molar-refractivity contribution < 1.29 is 27.8 Å². The summed E-state index contributed by atoms with van der Waals surface area (Å²) >= 11 is 6.56. The van der Waals surface area contributed by atoms with Gasteiger partial charge in [-0.15, -0.1) is 4.37 Å². The van der Waals surface area contributed by atoms with Crippen molar-refractivity contribution in [2.24, 2.45) is 5.73 Å². The summed E-state index contributed by atoms with van der Waals surface area (Å²) in [7, 11) is 3.92. The smallest absolute Gasteiger partial charge is 0.410 e. The number of primary amides is 1. The van der Waals surface area contributed by atoms with Crippen molar-refractivity contribution in [1.29, 1.82) is 0 Å². The highest BCUT2D eigenvalue weighted by molar-refractivity contribution is 7.11. The number of hydrogen-bond acceptors (Lipinski definition) is 7. The second-order valence-corrected chi connectivity index (χ2v) is 8.18. The number of urea groups is 1. The number of benzene rings is 1. The summed E-state index contributed by atoms with van der Waals surface area (Å²) in [6.45, 7) is 2.20. The highest BCUT2D eigenvalue weighted by Crippen LogP contribution is 2.39. The molecule has 4 N–H and O–H groups in total. The van der Waals surface area contributed by atoms with Crippen LogP contribution in [0, 0.1) is 18.6 Å². The van der Waals surface area contributed by atoms with Crippen LogP contribution in [0.4, 0.5) is 23.4 Å². The normalized spacial score (nSPS) is 10.8. The first-order chi connectivity index (χ1) is 15.1. The molecule has 13 heteroatoms. The van der Waals surface area contributed by atoms with Crippen LogP contribution in [0.15, 0.2) is 6.07 Å². The van der Waals surface area contributed by atoms with Crippen molar-refractivity contribution in [3.05, 3.63) is 33.9 Å². The number of rotatable bonds is 10. The molecule has 0 spiro atoms. The molecule has 2 rings (SSSR count). The van der Waals surface area contributed by atoms with Crippen LogP contribution >= 0.6 is 23.1 Å². The van der Waals surface area contributed by atoms with E-state index in [4.69, 9.17) is 26.8 Å². The van der Waals surface area contributed by atoms with Crippen LogP contribution < -0.4 is 25.8 Å². The molecule has 0 aliphatic rings. The predicted molar refractivity (Wildman–Crippen MR) is 118 cm³/mol. The van der Waals surface area contributed by atoms with Crippen molar-refractivity contribution in [3.8, 4) is 11.6 Å². The van der Waals surface area contributed by atoms with Gasteiger partial charge in [0.25, 0.3) is 5.88 Å². The Balaban J connectivity index is 2.06. The number of aromatic nitrogens is 1.